The highest BCUT2D eigenvalue weighted by Crippen LogP contribution is 2.14. The van der Waals surface area contributed by atoms with E-state index in [4.69, 9.17) is 10.5 Å². The van der Waals surface area contributed by atoms with Crippen LogP contribution < -0.4 is 16.0 Å². The van der Waals surface area contributed by atoms with Crippen LogP contribution in [0.15, 0.2) is 53.5 Å². The highest BCUT2D eigenvalue weighted by Gasteiger charge is 1.96. The van der Waals surface area contributed by atoms with E-state index in [0.29, 0.717) is 18.8 Å². The number of nitrogens with two attached hydrogens (primary N) is 1. The maximum absolute atomic E-state index is 11.4. The van der Waals surface area contributed by atoms with Gasteiger partial charge in [0.1, 0.15) is 5.75 Å². The first-order valence-corrected chi connectivity index (χ1v) is 5.89. The summed E-state index contributed by atoms with van der Waals surface area (Å²) in [5.41, 5.74) is 6.35. The van der Waals surface area contributed by atoms with Gasteiger partial charge in [0.05, 0.1) is 6.61 Å². The molecule has 2 rings (SSSR count). The van der Waals surface area contributed by atoms with Crippen LogP contribution in [-0.4, -0.2) is 11.2 Å². The number of hydrogen-bond donors (Lipinski definition) is 1. The molecule has 0 spiro atoms. The second-order valence-corrected chi connectivity index (χ2v) is 4.01. The molecule has 2 N–H and O–H groups in total. The first kappa shape index (κ1) is 12.2. The number of hydrogen-bond acceptors (Lipinski definition) is 3. The topological polar surface area (TPSA) is 57.2 Å². The molecule has 4 nitrogen and oxygen atoms in total. The lowest BCUT2D eigenvalue weighted by Crippen LogP contribution is -2.18. The summed E-state index contributed by atoms with van der Waals surface area (Å²) in [5, 5.41) is 0. The fourth-order valence-corrected chi connectivity index (χ4v) is 1.67. The summed E-state index contributed by atoms with van der Waals surface area (Å²) in [6.07, 6.45) is 2.56. The number of rotatable bonds is 5. The standard InChI is InChI=1S/C14H16N2O2/c15-12-5-3-6-13(11-12)18-10-4-9-16-8-2-1-7-14(16)17/h1-3,5-8,11H,4,9-10,15H2. The van der Waals surface area contributed by atoms with E-state index in [1.165, 1.54) is 0 Å². The van der Waals surface area contributed by atoms with Crippen LogP contribution in [0.25, 0.3) is 0 Å². The van der Waals surface area contributed by atoms with Crippen LogP contribution in [0, 0.1) is 0 Å². The van der Waals surface area contributed by atoms with E-state index in [1.54, 1.807) is 29.0 Å². The number of nitrogens with zero attached hydrogens (tertiary/aromatic N) is 1. The molecule has 94 valence electrons. The number of benzene rings is 1. The largest absolute Gasteiger partial charge is 0.493 e. The van der Waals surface area contributed by atoms with E-state index >= 15 is 0 Å². The normalized spacial score (nSPS) is 10.2. The molecule has 2 aromatic rings. The third-order valence-corrected chi connectivity index (χ3v) is 2.57. The SMILES string of the molecule is Nc1cccc(OCCCn2ccccc2=O)c1. The van der Waals surface area contributed by atoms with Gasteiger partial charge in [-0.05, 0) is 24.6 Å². The molecule has 1 heterocycles. The van der Waals surface area contributed by atoms with E-state index in [-0.39, 0.29) is 5.56 Å². The molecule has 0 bridgehead atoms. The van der Waals surface area contributed by atoms with Crippen LogP contribution in [0.2, 0.25) is 0 Å². The fourth-order valence-electron chi connectivity index (χ4n) is 1.67. The Labute approximate surface area is 106 Å². The van der Waals surface area contributed by atoms with E-state index in [1.807, 2.05) is 24.3 Å². The molecule has 0 saturated heterocycles. The molecule has 1 aromatic carbocycles. The zero-order valence-corrected chi connectivity index (χ0v) is 10.1. The molecule has 0 fully saturated rings. The summed E-state index contributed by atoms with van der Waals surface area (Å²) in [4.78, 5) is 11.4. The lowest BCUT2D eigenvalue weighted by Gasteiger charge is -2.08. The highest BCUT2D eigenvalue weighted by atomic mass is 16.5. The van der Waals surface area contributed by atoms with Gasteiger partial charge in [-0.2, -0.15) is 0 Å². The average molecular weight is 244 g/mol. The molecule has 18 heavy (non-hydrogen) atoms. The van der Waals surface area contributed by atoms with Gasteiger partial charge in [0.15, 0.2) is 0 Å². The maximum Gasteiger partial charge on any atom is 0.250 e. The molecular weight excluding hydrogens is 228 g/mol. The lowest BCUT2D eigenvalue weighted by atomic mass is 10.3. The highest BCUT2D eigenvalue weighted by molar-refractivity contribution is 5.43. The Bertz CT molecular complexity index is 563. The Balaban J connectivity index is 1.80. The Morgan fingerprint density at radius 2 is 2.06 bits per heavy atom. The van der Waals surface area contributed by atoms with Crippen LogP contribution in [-0.2, 0) is 6.54 Å². The van der Waals surface area contributed by atoms with Gasteiger partial charge < -0.3 is 15.0 Å². The van der Waals surface area contributed by atoms with Gasteiger partial charge in [0.2, 0.25) is 5.56 Å². The molecule has 0 atom stereocenters. The smallest absolute Gasteiger partial charge is 0.250 e. The summed E-state index contributed by atoms with van der Waals surface area (Å²) in [6.45, 7) is 1.22. The minimum absolute atomic E-state index is 0.0152. The van der Waals surface area contributed by atoms with Crippen molar-refractivity contribution in [1.29, 1.82) is 0 Å². The van der Waals surface area contributed by atoms with Crippen molar-refractivity contribution in [2.45, 2.75) is 13.0 Å². The van der Waals surface area contributed by atoms with E-state index in [9.17, 15) is 4.79 Å². The molecule has 0 aliphatic rings. The summed E-state index contributed by atoms with van der Waals surface area (Å²) < 4.78 is 7.22. The number of aromatic nitrogens is 1. The van der Waals surface area contributed by atoms with Crippen LogP contribution in [0.1, 0.15) is 6.42 Å². The second-order valence-electron chi connectivity index (χ2n) is 4.01. The minimum atomic E-state index is 0.0152. The molecule has 0 aliphatic heterocycles. The number of nitrogen functional groups attached to an aromatic ring is 1. The van der Waals surface area contributed by atoms with Gasteiger partial charge >= 0.3 is 0 Å². The van der Waals surface area contributed by atoms with Gasteiger partial charge in [-0.25, -0.2) is 0 Å². The second kappa shape index (κ2) is 5.91. The molecular formula is C14H16N2O2. The van der Waals surface area contributed by atoms with Crippen molar-refractivity contribution in [3.63, 3.8) is 0 Å². The van der Waals surface area contributed by atoms with Gasteiger partial charge in [-0.1, -0.05) is 12.1 Å². The Kier molecular flexibility index (Phi) is 4.02. The van der Waals surface area contributed by atoms with Crippen LogP contribution in [0.3, 0.4) is 0 Å². The van der Waals surface area contributed by atoms with Crippen LogP contribution in [0.5, 0.6) is 5.75 Å². The summed E-state index contributed by atoms with van der Waals surface area (Å²) in [5.74, 6) is 0.760. The number of pyridine rings is 1. The molecule has 0 saturated carbocycles. The van der Waals surface area contributed by atoms with Crippen LogP contribution >= 0.6 is 0 Å². The molecule has 0 radical (unpaired) electrons. The fraction of sp³-hybridized carbons (Fsp3) is 0.214. The minimum Gasteiger partial charge on any atom is -0.493 e. The zero-order valence-electron chi connectivity index (χ0n) is 10.1. The number of aryl methyl sites for hydroxylation is 1. The third-order valence-electron chi connectivity index (χ3n) is 2.57. The van der Waals surface area contributed by atoms with Gasteiger partial charge in [-0.15, -0.1) is 0 Å². The van der Waals surface area contributed by atoms with E-state index < -0.39 is 0 Å². The van der Waals surface area contributed by atoms with Gasteiger partial charge in [0.25, 0.3) is 0 Å². The Morgan fingerprint density at radius 3 is 2.83 bits per heavy atom. The number of anilines is 1. The van der Waals surface area contributed by atoms with E-state index in [0.717, 1.165) is 12.2 Å². The van der Waals surface area contributed by atoms with Gasteiger partial charge in [0, 0.05) is 30.6 Å². The maximum atomic E-state index is 11.4. The summed E-state index contributed by atoms with van der Waals surface area (Å²) in [7, 11) is 0. The predicted octanol–water partition coefficient (Wildman–Crippen LogP) is 1.90. The molecule has 0 aliphatic carbocycles. The number of ether oxygens (including phenoxy) is 1. The quantitative estimate of drug-likeness (QED) is 0.645. The average Bonchev–Trinajstić information content (AvgIpc) is 2.37. The summed E-state index contributed by atoms with van der Waals surface area (Å²) >= 11 is 0. The zero-order chi connectivity index (χ0) is 12.8. The van der Waals surface area contributed by atoms with Crippen molar-refractivity contribution in [3.8, 4) is 5.75 Å². The molecule has 0 amide bonds. The van der Waals surface area contributed by atoms with Crippen molar-refractivity contribution in [3.05, 3.63) is 59.0 Å². The lowest BCUT2D eigenvalue weighted by molar-refractivity contribution is 0.301. The first-order valence-electron chi connectivity index (χ1n) is 5.89. The van der Waals surface area contributed by atoms with E-state index in [2.05, 4.69) is 0 Å². The van der Waals surface area contributed by atoms with Crippen LogP contribution in [0.4, 0.5) is 5.69 Å². The van der Waals surface area contributed by atoms with Crippen molar-refractivity contribution >= 4 is 5.69 Å². The van der Waals surface area contributed by atoms with Crippen molar-refractivity contribution in [2.24, 2.45) is 0 Å². The third kappa shape index (κ3) is 3.38. The Hall–Kier alpha value is -2.23. The van der Waals surface area contributed by atoms with Crippen molar-refractivity contribution in [1.82, 2.24) is 4.57 Å². The monoisotopic (exact) mass is 244 g/mol. The Morgan fingerprint density at radius 1 is 1.17 bits per heavy atom. The van der Waals surface area contributed by atoms with Gasteiger partial charge in [-0.3, -0.25) is 4.79 Å². The molecule has 1 aromatic heterocycles. The summed E-state index contributed by atoms with van der Waals surface area (Å²) in [6, 6.07) is 12.5. The van der Waals surface area contributed by atoms with Crippen molar-refractivity contribution < 1.29 is 4.74 Å². The van der Waals surface area contributed by atoms with Crippen molar-refractivity contribution in [2.75, 3.05) is 12.3 Å². The molecule has 0 unspecified atom stereocenters. The molecule has 4 heteroatoms. The predicted molar refractivity (Wildman–Crippen MR) is 71.7 cm³/mol. The first-order chi connectivity index (χ1) is 8.75.